The van der Waals surface area contributed by atoms with Gasteiger partial charge in [0.2, 0.25) is 0 Å². The average Bonchev–Trinajstić information content (AvgIpc) is 2.98. The Kier molecular flexibility index (Phi) is 3.40. The molecule has 1 unspecified atom stereocenters. The fourth-order valence-corrected chi connectivity index (χ4v) is 3.22. The maximum absolute atomic E-state index is 9.93. The minimum absolute atomic E-state index is 0.125. The van der Waals surface area contributed by atoms with Crippen LogP contribution in [0.2, 0.25) is 0 Å². The molecule has 3 nitrogen and oxygen atoms in total. The molecule has 3 heteroatoms. The predicted octanol–water partition coefficient (Wildman–Crippen LogP) is 2.82. The molecule has 0 spiro atoms. The monoisotopic (exact) mass is 271 g/mol. The van der Waals surface area contributed by atoms with Crippen LogP contribution >= 0.6 is 0 Å². The topological polar surface area (TPSA) is 45.4 Å². The van der Waals surface area contributed by atoms with E-state index in [1.165, 1.54) is 16.7 Å². The second kappa shape index (κ2) is 5.08. The molecule has 106 valence electrons. The molecule has 2 aromatic rings. The fraction of sp³-hybridized carbons (Fsp3) is 0.412. The number of aliphatic hydroxyl groups excluding tert-OH is 1. The third-order valence-corrected chi connectivity index (χ3v) is 4.38. The lowest BCUT2D eigenvalue weighted by atomic mass is 9.92. The molecule has 0 radical (unpaired) electrons. The van der Waals surface area contributed by atoms with Gasteiger partial charge in [-0.15, -0.1) is 0 Å². The molecule has 1 aliphatic carbocycles. The van der Waals surface area contributed by atoms with E-state index in [2.05, 4.69) is 29.6 Å². The highest BCUT2D eigenvalue weighted by Gasteiger charge is 2.37. The van der Waals surface area contributed by atoms with Crippen LogP contribution in [0.3, 0.4) is 0 Å². The van der Waals surface area contributed by atoms with Crippen molar-refractivity contribution >= 4 is 0 Å². The number of hydrogen-bond donors (Lipinski definition) is 2. The Morgan fingerprint density at radius 3 is 2.80 bits per heavy atom. The van der Waals surface area contributed by atoms with Crippen LogP contribution in [0.15, 0.2) is 34.7 Å². The van der Waals surface area contributed by atoms with Crippen molar-refractivity contribution in [3.8, 4) is 0 Å². The van der Waals surface area contributed by atoms with Crippen LogP contribution in [0.25, 0.3) is 0 Å². The minimum Gasteiger partial charge on any atom is -0.466 e. The molecular weight excluding hydrogens is 250 g/mol. The van der Waals surface area contributed by atoms with Gasteiger partial charge in [0.05, 0.1) is 12.1 Å². The predicted molar refractivity (Wildman–Crippen MR) is 78.5 cm³/mol. The van der Waals surface area contributed by atoms with Crippen molar-refractivity contribution in [1.29, 1.82) is 0 Å². The van der Waals surface area contributed by atoms with Crippen molar-refractivity contribution in [2.24, 2.45) is 0 Å². The first kappa shape index (κ1) is 13.4. The molecule has 20 heavy (non-hydrogen) atoms. The maximum atomic E-state index is 9.93. The molecule has 0 saturated heterocycles. The van der Waals surface area contributed by atoms with Crippen LogP contribution in [0.5, 0.6) is 0 Å². The van der Waals surface area contributed by atoms with Gasteiger partial charge in [0, 0.05) is 12.1 Å². The van der Waals surface area contributed by atoms with Gasteiger partial charge in [0.15, 0.2) is 0 Å². The zero-order valence-electron chi connectivity index (χ0n) is 12.1. The summed E-state index contributed by atoms with van der Waals surface area (Å²) < 4.78 is 5.56. The highest BCUT2D eigenvalue weighted by molar-refractivity contribution is 5.39. The van der Waals surface area contributed by atoms with Gasteiger partial charge in [-0.05, 0) is 43.9 Å². The number of aryl methyl sites for hydroxylation is 3. The molecule has 1 aromatic carbocycles. The van der Waals surface area contributed by atoms with E-state index in [1.807, 2.05) is 19.9 Å². The van der Waals surface area contributed by atoms with Gasteiger partial charge in [-0.3, -0.25) is 0 Å². The van der Waals surface area contributed by atoms with Gasteiger partial charge in [-0.1, -0.05) is 24.3 Å². The molecule has 0 fully saturated rings. The quantitative estimate of drug-likeness (QED) is 0.899. The van der Waals surface area contributed by atoms with Gasteiger partial charge in [0.25, 0.3) is 0 Å². The zero-order valence-corrected chi connectivity index (χ0v) is 12.1. The van der Waals surface area contributed by atoms with E-state index in [-0.39, 0.29) is 12.1 Å². The minimum atomic E-state index is -0.311. The second-order valence-corrected chi connectivity index (χ2v) is 5.69. The van der Waals surface area contributed by atoms with Crippen molar-refractivity contribution in [2.75, 3.05) is 6.61 Å². The first-order chi connectivity index (χ1) is 9.64. The summed E-state index contributed by atoms with van der Waals surface area (Å²) >= 11 is 0. The average molecular weight is 271 g/mol. The standard InChI is InChI=1S/C17H21NO2/c1-12-9-15(13(2)20-12)10-18-17(11-19)8-7-14-5-3-4-6-16(14)17/h3-6,9,18-19H,7-8,10-11H2,1-2H3. The van der Waals surface area contributed by atoms with Gasteiger partial charge in [-0.25, -0.2) is 0 Å². The van der Waals surface area contributed by atoms with Crippen molar-refractivity contribution in [1.82, 2.24) is 5.32 Å². The van der Waals surface area contributed by atoms with E-state index in [4.69, 9.17) is 4.42 Å². The van der Waals surface area contributed by atoms with Crippen LogP contribution in [0, 0.1) is 13.8 Å². The first-order valence-electron chi connectivity index (χ1n) is 7.15. The van der Waals surface area contributed by atoms with Crippen molar-refractivity contribution in [3.05, 3.63) is 58.5 Å². The Labute approximate surface area is 119 Å². The largest absolute Gasteiger partial charge is 0.466 e. The van der Waals surface area contributed by atoms with E-state index in [0.717, 1.165) is 30.9 Å². The van der Waals surface area contributed by atoms with E-state index >= 15 is 0 Å². The number of hydrogen-bond acceptors (Lipinski definition) is 3. The summed E-state index contributed by atoms with van der Waals surface area (Å²) in [4.78, 5) is 0. The lowest BCUT2D eigenvalue weighted by Gasteiger charge is -2.29. The molecule has 1 aliphatic rings. The Morgan fingerprint density at radius 1 is 1.30 bits per heavy atom. The number of aliphatic hydroxyl groups is 1. The molecule has 0 saturated carbocycles. The summed E-state index contributed by atoms with van der Waals surface area (Å²) in [6, 6.07) is 10.5. The highest BCUT2D eigenvalue weighted by Crippen LogP contribution is 2.36. The van der Waals surface area contributed by atoms with E-state index < -0.39 is 0 Å². The van der Waals surface area contributed by atoms with Crippen LogP contribution in [0.1, 0.15) is 34.6 Å². The summed E-state index contributed by atoms with van der Waals surface area (Å²) in [5, 5.41) is 13.5. The number of nitrogens with one attached hydrogen (secondary N) is 1. The first-order valence-corrected chi connectivity index (χ1v) is 7.15. The maximum Gasteiger partial charge on any atom is 0.105 e. The smallest absolute Gasteiger partial charge is 0.105 e. The summed E-state index contributed by atoms with van der Waals surface area (Å²) in [5.74, 6) is 1.89. The lowest BCUT2D eigenvalue weighted by Crippen LogP contribution is -2.43. The Bertz CT molecular complexity index is 617. The van der Waals surface area contributed by atoms with Crippen LogP contribution < -0.4 is 5.32 Å². The van der Waals surface area contributed by atoms with Gasteiger partial charge >= 0.3 is 0 Å². The molecule has 2 N–H and O–H groups in total. The number of rotatable bonds is 4. The van der Waals surface area contributed by atoms with Gasteiger partial charge in [0.1, 0.15) is 11.5 Å². The zero-order chi connectivity index (χ0) is 14.2. The molecule has 1 atom stereocenters. The van der Waals surface area contributed by atoms with Crippen molar-refractivity contribution < 1.29 is 9.52 Å². The summed E-state index contributed by atoms with van der Waals surface area (Å²) in [7, 11) is 0. The van der Waals surface area contributed by atoms with Gasteiger partial charge < -0.3 is 14.8 Å². The highest BCUT2D eigenvalue weighted by atomic mass is 16.3. The third-order valence-electron chi connectivity index (χ3n) is 4.38. The number of fused-ring (bicyclic) bond motifs is 1. The molecule has 0 bridgehead atoms. The summed E-state index contributed by atoms with van der Waals surface area (Å²) in [5.41, 5.74) is 3.43. The second-order valence-electron chi connectivity index (χ2n) is 5.69. The normalized spacial score (nSPS) is 21.1. The van der Waals surface area contributed by atoms with Crippen LogP contribution in [-0.2, 0) is 18.5 Å². The molecular formula is C17H21NO2. The van der Waals surface area contributed by atoms with Crippen LogP contribution in [-0.4, -0.2) is 11.7 Å². The Hall–Kier alpha value is -1.58. The third kappa shape index (κ3) is 2.17. The number of furan rings is 1. The summed E-state index contributed by atoms with van der Waals surface area (Å²) in [6.07, 6.45) is 1.96. The fourth-order valence-electron chi connectivity index (χ4n) is 3.22. The molecule has 1 heterocycles. The number of benzene rings is 1. The van der Waals surface area contributed by atoms with Gasteiger partial charge in [-0.2, -0.15) is 0 Å². The molecule has 3 rings (SSSR count). The van der Waals surface area contributed by atoms with E-state index in [0.29, 0.717) is 0 Å². The van der Waals surface area contributed by atoms with E-state index in [9.17, 15) is 5.11 Å². The Morgan fingerprint density at radius 2 is 2.10 bits per heavy atom. The van der Waals surface area contributed by atoms with E-state index in [1.54, 1.807) is 0 Å². The lowest BCUT2D eigenvalue weighted by molar-refractivity contribution is 0.158. The van der Waals surface area contributed by atoms with Crippen molar-refractivity contribution in [2.45, 2.75) is 38.8 Å². The Balaban J connectivity index is 1.83. The molecule has 1 aromatic heterocycles. The van der Waals surface area contributed by atoms with Crippen molar-refractivity contribution in [3.63, 3.8) is 0 Å². The molecule has 0 aliphatic heterocycles. The molecule has 0 amide bonds. The SMILES string of the molecule is Cc1cc(CNC2(CO)CCc3ccccc32)c(C)o1. The van der Waals surface area contributed by atoms with Crippen LogP contribution in [0.4, 0.5) is 0 Å². The summed E-state index contributed by atoms with van der Waals surface area (Å²) in [6.45, 7) is 4.79.